The van der Waals surface area contributed by atoms with Gasteiger partial charge < -0.3 is 20.5 Å². The smallest absolute Gasteiger partial charge is 0.318 e. The van der Waals surface area contributed by atoms with E-state index in [4.69, 9.17) is 9.84 Å². The molecule has 0 aliphatic heterocycles. The fraction of sp³-hybridized carbons (Fsp3) is 0.833. The number of hydrogen-bond acceptors (Lipinski definition) is 3. The second kappa shape index (κ2) is 7.30. The number of aliphatic hydroxyl groups is 1. The normalized spacial score (nSPS) is 9.27. The second-order valence-electron chi connectivity index (χ2n) is 1.89. The van der Waals surface area contributed by atoms with Crippen LogP contribution >= 0.6 is 0 Å². The molecule has 0 aliphatic rings. The average molecular weight is 162 g/mol. The number of ether oxygens (including phenoxy) is 1. The monoisotopic (exact) mass is 162 g/mol. The first-order valence-corrected chi connectivity index (χ1v) is 3.51. The molecule has 0 fully saturated rings. The average Bonchev–Trinajstić information content (AvgIpc) is 1.99. The van der Waals surface area contributed by atoms with E-state index in [0.717, 1.165) is 6.42 Å². The summed E-state index contributed by atoms with van der Waals surface area (Å²) >= 11 is 0. The standard InChI is InChI=1S/C6H14N2O3/c1-2-3-11-5-8-6(10)7-4-9/h9H,2-5H2,1H3,(H2,7,8,10). The van der Waals surface area contributed by atoms with Gasteiger partial charge in [0.05, 0.1) is 0 Å². The van der Waals surface area contributed by atoms with Gasteiger partial charge in [-0.25, -0.2) is 4.79 Å². The molecule has 66 valence electrons. The fourth-order valence-corrected chi connectivity index (χ4v) is 0.467. The molecular formula is C6H14N2O3. The third-order valence-corrected chi connectivity index (χ3v) is 0.923. The van der Waals surface area contributed by atoms with Crippen molar-refractivity contribution >= 4 is 6.03 Å². The molecule has 0 saturated carbocycles. The van der Waals surface area contributed by atoms with Gasteiger partial charge in [0.2, 0.25) is 0 Å². The van der Waals surface area contributed by atoms with Crippen LogP contribution in [0.2, 0.25) is 0 Å². The Bertz CT molecular complexity index is 108. The summed E-state index contributed by atoms with van der Waals surface area (Å²) in [4.78, 5) is 10.5. The van der Waals surface area contributed by atoms with Crippen molar-refractivity contribution in [2.24, 2.45) is 0 Å². The molecule has 0 unspecified atom stereocenters. The van der Waals surface area contributed by atoms with Crippen LogP contribution in [0, 0.1) is 0 Å². The quantitative estimate of drug-likeness (QED) is 0.381. The summed E-state index contributed by atoms with van der Waals surface area (Å²) in [6, 6.07) is -0.427. The van der Waals surface area contributed by atoms with Gasteiger partial charge in [-0.1, -0.05) is 6.92 Å². The summed E-state index contributed by atoms with van der Waals surface area (Å²) in [7, 11) is 0. The molecule has 0 bridgehead atoms. The molecule has 5 nitrogen and oxygen atoms in total. The highest BCUT2D eigenvalue weighted by molar-refractivity contribution is 5.73. The number of urea groups is 1. The number of nitrogens with one attached hydrogen (secondary N) is 2. The van der Waals surface area contributed by atoms with E-state index in [9.17, 15) is 4.79 Å². The summed E-state index contributed by atoms with van der Waals surface area (Å²) in [5.74, 6) is 0. The van der Waals surface area contributed by atoms with Crippen LogP contribution in [0.4, 0.5) is 4.79 Å². The van der Waals surface area contributed by atoms with Gasteiger partial charge in [0.15, 0.2) is 0 Å². The highest BCUT2D eigenvalue weighted by atomic mass is 16.5. The Morgan fingerprint density at radius 2 is 2.27 bits per heavy atom. The number of aliphatic hydroxyl groups excluding tert-OH is 1. The van der Waals surface area contributed by atoms with Gasteiger partial charge in [-0.05, 0) is 6.42 Å². The molecule has 0 aliphatic carbocycles. The maximum atomic E-state index is 10.5. The molecule has 0 spiro atoms. The number of carbonyl (C=O) groups excluding carboxylic acids is 1. The van der Waals surface area contributed by atoms with Crippen LogP contribution < -0.4 is 10.6 Å². The predicted molar refractivity (Wildman–Crippen MR) is 39.9 cm³/mol. The molecular weight excluding hydrogens is 148 g/mol. The molecule has 3 N–H and O–H groups in total. The van der Waals surface area contributed by atoms with Crippen molar-refractivity contribution in [1.29, 1.82) is 0 Å². The maximum Gasteiger partial charge on any atom is 0.318 e. The lowest BCUT2D eigenvalue weighted by atomic mass is 10.5. The zero-order valence-electron chi connectivity index (χ0n) is 6.59. The van der Waals surface area contributed by atoms with E-state index in [0.29, 0.717) is 6.61 Å². The SMILES string of the molecule is CCCOCNC(=O)NCO. The van der Waals surface area contributed by atoms with Crippen LogP contribution in [0.3, 0.4) is 0 Å². The molecule has 0 aromatic rings. The molecule has 5 heteroatoms. The van der Waals surface area contributed by atoms with Crippen molar-refractivity contribution < 1.29 is 14.6 Å². The third-order valence-electron chi connectivity index (χ3n) is 0.923. The van der Waals surface area contributed by atoms with Crippen molar-refractivity contribution in [2.75, 3.05) is 20.1 Å². The summed E-state index contributed by atoms with van der Waals surface area (Å²) < 4.78 is 4.95. The Morgan fingerprint density at radius 3 is 2.82 bits per heavy atom. The minimum Gasteiger partial charge on any atom is -0.376 e. The highest BCUT2D eigenvalue weighted by Gasteiger charge is 1.94. The molecule has 0 rings (SSSR count). The molecule has 11 heavy (non-hydrogen) atoms. The minimum atomic E-state index is -0.427. The highest BCUT2D eigenvalue weighted by Crippen LogP contribution is 1.76. The van der Waals surface area contributed by atoms with Gasteiger partial charge in [-0.15, -0.1) is 0 Å². The summed E-state index contributed by atoms with van der Waals surface area (Å²) in [6.45, 7) is 2.42. The summed E-state index contributed by atoms with van der Waals surface area (Å²) in [6.07, 6.45) is 0.920. The molecule has 0 radical (unpaired) electrons. The van der Waals surface area contributed by atoms with E-state index < -0.39 is 6.03 Å². The van der Waals surface area contributed by atoms with Crippen LogP contribution in [0.15, 0.2) is 0 Å². The zero-order valence-corrected chi connectivity index (χ0v) is 6.59. The first-order chi connectivity index (χ1) is 5.31. The van der Waals surface area contributed by atoms with Crippen LogP contribution in [-0.4, -0.2) is 31.2 Å². The van der Waals surface area contributed by atoms with E-state index in [-0.39, 0.29) is 13.5 Å². The number of hydrogen-bond donors (Lipinski definition) is 3. The lowest BCUT2D eigenvalue weighted by molar-refractivity contribution is 0.119. The van der Waals surface area contributed by atoms with Crippen molar-refractivity contribution in [2.45, 2.75) is 13.3 Å². The van der Waals surface area contributed by atoms with E-state index >= 15 is 0 Å². The second-order valence-corrected chi connectivity index (χ2v) is 1.89. The van der Waals surface area contributed by atoms with Crippen LogP contribution in [-0.2, 0) is 4.74 Å². The first kappa shape index (κ1) is 10.2. The van der Waals surface area contributed by atoms with Gasteiger partial charge in [0.25, 0.3) is 0 Å². The summed E-state index contributed by atoms with van der Waals surface area (Å²) in [5, 5.41) is 12.8. The summed E-state index contributed by atoms with van der Waals surface area (Å²) in [5.41, 5.74) is 0. The maximum absolute atomic E-state index is 10.5. The van der Waals surface area contributed by atoms with Crippen LogP contribution in [0.1, 0.15) is 13.3 Å². The van der Waals surface area contributed by atoms with E-state index in [1.54, 1.807) is 0 Å². The predicted octanol–water partition coefficient (Wildman–Crippen LogP) is -0.381. The van der Waals surface area contributed by atoms with Crippen molar-refractivity contribution in [3.63, 3.8) is 0 Å². The Kier molecular flexibility index (Phi) is 6.76. The molecule has 0 saturated heterocycles. The Hall–Kier alpha value is -0.810. The van der Waals surface area contributed by atoms with E-state index in [2.05, 4.69) is 10.6 Å². The molecule has 0 atom stereocenters. The van der Waals surface area contributed by atoms with Gasteiger partial charge in [0, 0.05) is 6.61 Å². The Balaban J connectivity index is 3.04. The lowest BCUT2D eigenvalue weighted by Gasteiger charge is -2.04. The van der Waals surface area contributed by atoms with E-state index in [1.807, 2.05) is 6.92 Å². The molecule has 0 aromatic carbocycles. The van der Waals surface area contributed by atoms with E-state index in [1.165, 1.54) is 0 Å². The van der Waals surface area contributed by atoms with Gasteiger partial charge in [-0.3, -0.25) is 0 Å². The lowest BCUT2D eigenvalue weighted by Crippen LogP contribution is -2.37. The van der Waals surface area contributed by atoms with Crippen LogP contribution in [0.5, 0.6) is 0 Å². The molecule has 0 aromatic heterocycles. The topological polar surface area (TPSA) is 70.6 Å². The first-order valence-electron chi connectivity index (χ1n) is 3.51. The minimum absolute atomic E-state index is 0.180. The Labute approximate surface area is 65.7 Å². The number of rotatable bonds is 5. The van der Waals surface area contributed by atoms with Gasteiger partial charge in [-0.2, -0.15) is 0 Å². The van der Waals surface area contributed by atoms with Gasteiger partial charge >= 0.3 is 6.03 Å². The third kappa shape index (κ3) is 7.08. The number of amides is 2. The molecule has 2 amide bonds. The largest absolute Gasteiger partial charge is 0.376 e. The zero-order chi connectivity index (χ0) is 8.53. The van der Waals surface area contributed by atoms with Crippen molar-refractivity contribution in [3.05, 3.63) is 0 Å². The fourth-order valence-electron chi connectivity index (χ4n) is 0.467. The van der Waals surface area contributed by atoms with Crippen molar-refractivity contribution in [3.8, 4) is 0 Å². The van der Waals surface area contributed by atoms with Crippen LogP contribution in [0.25, 0.3) is 0 Å². The number of carbonyl (C=O) groups is 1. The Morgan fingerprint density at radius 1 is 1.55 bits per heavy atom. The van der Waals surface area contributed by atoms with Gasteiger partial charge in [0.1, 0.15) is 13.5 Å². The molecule has 0 heterocycles. The van der Waals surface area contributed by atoms with Crippen molar-refractivity contribution in [1.82, 2.24) is 10.6 Å².